The molecule has 0 saturated heterocycles. The predicted octanol–water partition coefficient (Wildman–Crippen LogP) is 10.3. The molecule has 0 aliphatic carbocycles. The number of carbonyl (C=O) groups is 5. The van der Waals surface area contributed by atoms with Gasteiger partial charge in [0.05, 0.1) is 12.1 Å². The molecule has 68 heavy (non-hydrogen) atoms. The number of Topliss-reactive ketones (excluding diaryl/α,β-unsaturated/α-hetero) is 4. The van der Waals surface area contributed by atoms with Gasteiger partial charge in [-0.2, -0.15) is 0 Å². The number of ketones is 4. The van der Waals surface area contributed by atoms with Gasteiger partial charge in [-0.1, -0.05) is 130 Å². The minimum Gasteiger partial charge on any atom is -0.398 e. The lowest BCUT2D eigenvalue weighted by molar-refractivity contribution is -0.126. The number of carbonyl (C=O) groups excluding carboxylic acids is 5. The van der Waals surface area contributed by atoms with Crippen LogP contribution in [-0.2, 0) is 27.2 Å². The summed E-state index contributed by atoms with van der Waals surface area (Å²) in [7, 11) is 5.67. The minimum atomic E-state index is -0.453. The fraction of sp³-hybridized carbons (Fsp3) is 0.389. The van der Waals surface area contributed by atoms with Crippen LogP contribution in [0.3, 0.4) is 0 Å². The first-order valence-electron chi connectivity index (χ1n) is 22.5. The van der Waals surface area contributed by atoms with Crippen molar-refractivity contribution in [3.63, 3.8) is 0 Å². The SMILES string of the molecule is C.C.CC(=O)C(N)Cc1c[nH]c2ccccc12.CC(=O)c1ccccc1N.CC(=O)c1ccccc1N.CCCCCCCCCC(=O)NC(Cc1c[nH]c2ccccc12)C(C)=O.CN.CNP. The first kappa shape index (κ1) is 64.1. The molecule has 3 unspecified atom stereocenters. The molecule has 2 heterocycles. The molecular weight excluding hydrogens is 872 g/mol. The van der Waals surface area contributed by atoms with Gasteiger partial charge in [-0.25, -0.2) is 0 Å². The van der Waals surface area contributed by atoms with Gasteiger partial charge < -0.3 is 43.3 Å². The molecule has 0 aliphatic rings. The van der Waals surface area contributed by atoms with E-state index in [2.05, 4.69) is 42.4 Å². The fourth-order valence-corrected chi connectivity index (χ4v) is 6.64. The Hall–Kier alpha value is -5.98. The van der Waals surface area contributed by atoms with Crippen LogP contribution in [0.2, 0.25) is 0 Å². The Morgan fingerprint density at radius 2 is 0.971 bits per heavy atom. The van der Waals surface area contributed by atoms with E-state index in [-0.39, 0.29) is 43.9 Å². The molecule has 0 saturated carbocycles. The van der Waals surface area contributed by atoms with Gasteiger partial charge in [0.15, 0.2) is 17.3 Å². The van der Waals surface area contributed by atoms with Crippen LogP contribution in [0.4, 0.5) is 11.4 Å². The van der Waals surface area contributed by atoms with E-state index in [0.29, 0.717) is 41.8 Å². The third-order valence-electron chi connectivity index (χ3n) is 10.2. The van der Waals surface area contributed by atoms with Crippen molar-refractivity contribution >= 4 is 71.6 Å². The number of hydrogen-bond donors (Lipinski definition) is 8. The molecule has 14 heteroatoms. The van der Waals surface area contributed by atoms with Gasteiger partial charge in [0, 0.05) is 69.5 Å². The quantitative estimate of drug-likeness (QED) is 0.0186. The number of unbranched alkanes of at least 4 members (excludes halogenated alkanes) is 6. The number of aromatic amines is 2. The van der Waals surface area contributed by atoms with Gasteiger partial charge >= 0.3 is 0 Å². The number of aromatic nitrogens is 2. The number of H-pyrrole nitrogens is 2. The second kappa shape index (κ2) is 37.1. The summed E-state index contributed by atoms with van der Waals surface area (Å²) >= 11 is 0. The Morgan fingerprint density at radius 1 is 0.588 bits per heavy atom. The number of nitrogens with one attached hydrogen (secondary N) is 4. The van der Waals surface area contributed by atoms with Crippen LogP contribution in [0.25, 0.3) is 21.8 Å². The van der Waals surface area contributed by atoms with E-state index >= 15 is 0 Å². The molecule has 6 rings (SSSR count). The number of nitrogens with two attached hydrogens (primary N) is 4. The first-order valence-corrected chi connectivity index (χ1v) is 23.0. The number of nitrogen functional groups attached to an aromatic ring is 2. The van der Waals surface area contributed by atoms with Crippen molar-refractivity contribution in [3.05, 3.63) is 132 Å². The number of para-hydroxylation sites is 4. The molecule has 0 bridgehead atoms. The zero-order chi connectivity index (χ0) is 49.4. The third-order valence-corrected chi connectivity index (χ3v) is 10.2. The van der Waals surface area contributed by atoms with E-state index in [0.717, 1.165) is 45.8 Å². The summed E-state index contributed by atoms with van der Waals surface area (Å²) in [5.74, 6) is 0.0401. The summed E-state index contributed by atoms with van der Waals surface area (Å²) in [6.07, 6.45) is 13.8. The highest BCUT2D eigenvalue weighted by molar-refractivity contribution is 7.13. The molecule has 0 fully saturated rings. The molecule has 1 amide bonds. The number of benzene rings is 4. The summed E-state index contributed by atoms with van der Waals surface area (Å²) < 4.78 is 0. The van der Waals surface area contributed by atoms with Crippen LogP contribution in [0.15, 0.2) is 109 Å². The molecule has 4 aromatic carbocycles. The fourth-order valence-electron chi connectivity index (χ4n) is 6.64. The summed E-state index contributed by atoms with van der Waals surface area (Å²) in [4.78, 5) is 63.2. The second-order valence-corrected chi connectivity index (χ2v) is 16.1. The maximum absolute atomic E-state index is 12.2. The molecule has 0 aliphatic heterocycles. The predicted molar refractivity (Wildman–Crippen MR) is 292 cm³/mol. The highest BCUT2D eigenvalue weighted by Gasteiger charge is 2.19. The Labute approximate surface area is 409 Å². The van der Waals surface area contributed by atoms with Gasteiger partial charge in [-0.3, -0.25) is 24.0 Å². The van der Waals surface area contributed by atoms with E-state index in [1.54, 1.807) is 43.3 Å². The summed E-state index contributed by atoms with van der Waals surface area (Å²) in [6, 6.07) is 29.3. The Kier molecular flexibility index (Phi) is 34.9. The number of fused-ring (bicyclic) bond motifs is 2. The summed E-state index contributed by atoms with van der Waals surface area (Å²) in [5, 5.41) is 7.85. The molecule has 13 nitrogen and oxygen atoms in total. The maximum Gasteiger partial charge on any atom is 0.220 e. The Balaban J connectivity index is 0. The monoisotopic (exact) mass is 955 g/mol. The second-order valence-electron chi connectivity index (χ2n) is 15.5. The van der Waals surface area contributed by atoms with E-state index in [9.17, 15) is 24.0 Å². The summed E-state index contributed by atoms with van der Waals surface area (Å²) in [6.45, 7) is 8.30. The topological polar surface area (TPSA) is 245 Å². The standard InChI is InChI=1S/C22H32N2O2.C12H14N2O.2C8H9NO.CH6NP.CH5N.2CH4/c1-3-4-5-6-7-8-9-14-22(26)24-21(17(2)25)15-18-16-23-20-13-11-10-12-19(18)20;1-8(15)11(13)6-9-7-14-12-5-3-2-4-10(9)12;2*1-6(10)7-4-2-3-5-8(7)9;1-2-3;1-2;;/h10-13,16,21,23H,3-9,14-15H2,1-2H3,(H,24,26);2-5,7,11,14H,6,13H2,1H3;2*2-5H,9H2,1H3;2H,3H2,1H3;2H2,1H3;2*1H4. The molecule has 374 valence electrons. The van der Waals surface area contributed by atoms with Crippen molar-refractivity contribution in [1.29, 1.82) is 0 Å². The lowest BCUT2D eigenvalue weighted by Gasteiger charge is -2.15. The van der Waals surface area contributed by atoms with Crippen LogP contribution in [0.1, 0.15) is 133 Å². The van der Waals surface area contributed by atoms with Crippen LogP contribution >= 0.6 is 9.39 Å². The van der Waals surface area contributed by atoms with Crippen molar-refractivity contribution in [1.82, 2.24) is 20.4 Å². The number of amides is 1. The van der Waals surface area contributed by atoms with E-state index < -0.39 is 12.1 Å². The molecule has 12 N–H and O–H groups in total. The average Bonchev–Trinajstić information content (AvgIpc) is 3.91. The van der Waals surface area contributed by atoms with Crippen LogP contribution in [-0.4, -0.2) is 65.2 Å². The molecule has 6 aromatic rings. The van der Waals surface area contributed by atoms with Gasteiger partial charge in [0.1, 0.15) is 5.78 Å². The molecule has 2 aromatic heterocycles. The largest absolute Gasteiger partial charge is 0.398 e. The number of hydrogen-bond acceptors (Lipinski definition) is 10. The van der Waals surface area contributed by atoms with Crippen LogP contribution in [0, 0.1) is 0 Å². The van der Waals surface area contributed by atoms with Crippen molar-refractivity contribution in [2.75, 3.05) is 25.6 Å². The van der Waals surface area contributed by atoms with Crippen LogP contribution < -0.4 is 33.3 Å². The first-order chi connectivity index (χ1) is 31.6. The third kappa shape index (κ3) is 24.2. The highest BCUT2D eigenvalue weighted by Crippen LogP contribution is 2.21. The zero-order valence-electron chi connectivity index (χ0n) is 40.0. The van der Waals surface area contributed by atoms with E-state index in [1.165, 1.54) is 59.9 Å². The lowest BCUT2D eigenvalue weighted by atomic mass is 10.0. The smallest absolute Gasteiger partial charge is 0.220 e. The highest BCUT2D eigenvalue weighted by atomic mass is 31.0. The van der Waals surface area contributed by atoms with Crippen molar-refractivity contribution in [2.24, 2.45) is 11.5 Å². The molecular formula is C54H83N8O5P. The lowest BCUT2D eigenvalue weighted by Crippen LogP contribution is -2.41. The number of anilines is 2. The van der Waals surface area contributed by atoms with Gasteiger partial charge in [0.2, 0.25) is 5.91 Å². The van der Waals surface area contributed by atoms with Crippen LogP contribution in [0.5, 0.6) is 0 Å². The number of rotatable bonds is 17. The minimum absolute atomic E-state index is 0. The summed E-state index contributed by atoms with van der Waals surface area (Å²) in [5.41, 5.74) is 27.9. The van der Waals surface area contributed by atoms with Gasteiger partial charge in [-0.15, -0.1) is 0 Å². The van der Waals surface area contributed by atoms with Gasteiger partial charge in [0.25, 0.3) is 0 Å². The van der Waals surface area contributed by atoms with Crippen molar-refractivity contribution < 1.29 is 24.0 Å². The average molecular weight is 955 g/mol. The normalized spacial score (nSPS) is 10.6. The zero-order valence-corrected chi connectivity index (χ0v) is 41.2. The van der Waals surface area contributed by atoms with Crippen molar-refractivity contribution in [3.8, 4) is 0 Å². The Morgan fingerprint density at radius 3 is 1.35 bits per heavy atom. The van der Waals surface area contributed by atoms with E-state index in [4.69, 9.17) is 17.2 Å². The molecule has 3 atom stereocenters. The van der Waals surface area contributed by atoms with Crippen molar-refractivity contribution in [2.45, 2.75) is 126 Å². The molecule has 0 spiro atoms. The van der Waals surface area contributed by atoms with Gasteiger partial charge in [-0.05, 0) is 102 Å². The molecule has 0 radical (unpaired) electrons. The maximum atomic E-state index is 12.2. The van der Waals surface area contributed by atoms with E-state index in [1.807, 2.05) is 80.1 Å². The Bertz CT molecular complexity index is 2300.